The Morgan fingerprint density at radius 2 is 1.83 bits per heavy atom. The molecule has 1 amide bonds. The first-order valence-electron chi connectivity index (χ1n) is 10.4. The summed E-state index contributed by atoms with van der Waals surface area (Å²) in [5, 5.41) is 0. The minimum Gasteiger partial charge on any atom is -0.490 e. The molecule has 4 atom stereocenters. The fraction of sp³-hybridized carbons (Fsp3) is 0.458. The van der Waals surface area contributed by atoms with Crippen molar-refractivity contribution in [3.63, 3.8) is 0 Å². The normalized spacial score (nSPS) is 27.5. The summed E-state index contributed by atoms with van der Waals surface area (Å²) in [6, 6.07) is 18.1. The van der Waals surface area contributed by atoms with Crippen LogP contribution in [0, 0.1) is 5.92 Å². The second-order valence-electron chi connectivity index (χ2n) is 8.68. The van der Waals surface area contributed by atoms with Crippen LogP contribution in [0.2, 0.25) is 0 Å². The van der Waals surface area contributed by atoms with Crippen LogP contribution in [-0.2, 0) is 20.7 Å². The molecule has 0 unspecified atom stereocenters. The predicted molar refractivity (Wildman–Crippen MR) is 108 cm³/mol. The Kier molecular flexibility index (Phi) is 4.60. The Bertz CT molecular complexity index is 893. The van der Waals surface area contributed by atoms with Crippen molar-refractivity contribution in [3.8, 4) is 5.75 Å². The van der Waals surface area contributed by atoms with Crippen LogP contribution in [0.1, 0.15) is 37.4 Å². The van der Waals surface area contributed by atoms with E-state index in [4.69, 9.17) is 14.2 Å². The molecule has 3 heterocycles. The van der Waals surface area contributed by atoms with Crippen LogP contribution in [0.25, 0.3) is 0 Å². The molecule has 5 rings (SSSR count). The van der Waals surface area contributed by atoms with Gasteiger partial charge in [-0.2, -0.15) is 0 Å². The second-order valence-corrected chi connectivity index (χ2v) is 8.68. The van der Waals surface area contributed by atoms with Gasteiger partial charge >= 0.3 is 0 Å². The van der Waals surface area contributed by atoms with E-state index in [1.165, 1.54) is 5.56 Å². The molecule has 5 nitrogen and oxygen atoms in total. The number of para-hydroxylation sites is 1. The first-order chi connectivity index (χ1) is 14.0. The number of amides is 1. The number of fused-ring (bicyclic) bond motifs is 3. The van der Waals surface area contributed by atoms with Crippen molar-refractivity contribution >= 4 is 5.91 Å². The summed E-state index contributed by atoms with van der Waals surface area (Å²) in [7, 11) is 0. The molecule has 0 saturated carbocycles. The molecule has 5 heteroatoms. The van der Waals surface area contributed by atoms with Crippen LogP contribution in [0.15, 0.2) is 54.6 Å². The van der Waals surface area contributed by atoms with Gasteiger partial charge in [-0.15, -0.1) is 0 Å². The number of hydrogen-bond acceptors (Lipinski definition) is 4. The fourth-order valence-electron chi connectivity index (χ4n) is 4.78. The summed E-state index contributed by atoms with van der Waals surface area (Å²) in [5.74, 6) is 0.845. The summed E-state index contributed by atoms with van der Waals surface area (Å²) < 4.78 is 17.7. The van der Waals surface area contributed by atoms with E-state index in [9.17, 15) is 4.79 Å². The lowest BCUT2D eigenvalue weighted by Crippen LogP contribution is -2.48. The summed E-state index contributed by atoms with van der Waals surface area (Å²) in [4.78, 5) is 15.9. The highest BCUT2D eigenvalue weighted by Gasteiger charge is 2.54. The van der Waals surface area contributed by atoms with Crippen molar-refractivity contribution in [2.75, 3.05) is 13.2 Å². The average Bonchev–Trinajstić information content (AvgIpc) is 3.48. The number of nitrogens with zero attached hydrogens (tertiary/aromatic N) is 1. The zero-order chi connectivity index (χ0) is 20.0. The molecule has 0 aromatic heterocycles. The van der Waals surface area contributed by atoms with E-state index in [-0.39, 0.29) is 30.1 Å². The van der Waals surface area contributed by atoms with Gasteiger partial charge in [-0.05, 0) is 38.3 Å². The lowest BCUT2D eigenvalue weighted by molar-refractivity contribution is -0.152. The Labute approximate surface area is 171 Å². The van der Waals surface area contributed by atoms with Crippen LogP contribution in [0.3, 0.4) is 0 Å². The van der Waals surface area contributed by atoms with E-state index < -0.39 is 5.72 Å². The maximum absolute atomic E-state index is 13.9. The van der Waals surface area contributed by atoms with E-state index in [0.29, 0.717) is 13.0 Å². The van der Waals surface area contributed by atoms with Crippen LogP contribution in [0.5, 0.6) is 5.75 Å². The van der Waals surface area contributed by atoms with Crippen molar-refractivity contribution in [2.24, 2.45) is 5.92 Å². The summed E-state index contributed by atoms with van der Waals surface area (Å²) in [6.07, 6.45) is 1.49. The van der Waals surface area contributed by atoms with Crippen LogP contribution < -0.4 is 4.74 Å². The molecule has 3 aliphatic rings. The number of benzene rings is 2. The lowest BCUT2D eigenvalue weighted by atomic mass is 9.90. The Morgan fingerprint density at radius 3 is 2.59 bits per heavy atom. The van der Waals surface area contributed by atoms with Gasteiger partial charge < -0.3 is 19.1 Å². The van der Waals surface area contributed by atoms with E-state index in [0.717, 1.165) is 24.3 Å². The molecular formula is C24H27NO4. The molecule has 0 aliphatic carbocycles. The molecule has 2 aromatic carbocycles. The summed E-state index contributed by atoms with van der Waals surface area (Å²) >= 11 is 0. The molecule has 0 radical (unpaired) electrons. The van der Waals surface area contributed by atoms with E-state index in [2.05, 4.69) is 12.1 Å². The maximum Gasteiger partial charge on any atom is 0.228 e. The number of rotatable bonds is 5. The maximum atomic E-state index is 13.9. The summed E-state index contributed by atoms with van der Waals surface area (Å²) in [5.41, 5.74) is 1.52. The van der Waals surface area contributed by atoms with Crippen molar-refractivity contribution < 1.29 is 19.0 Å². The third kappa shape index (κ3) is 3.53. The van der Waals surface area contributed by atoms with Crippen LogP contribution in [0.4, 0.5) is 0 Å². The van der Waals surface area contributed by atoms with Gasteiger partial charge in [0.1, 0.15) is 24.2 Å². The molecule has 2 saturated heterocycles. The smallest absolute Gasteiger partial charge is 0.228 e. The van der Waals surface area contributed by atoms with Gasteiger partial charge in [-0.25, -0.2) is 0 Å². The van der Waals surface area contributed by atoms with Gasteiger partial charge in [0.25, 0.3) is 0 Å². The predicted octanol–water partition coefficient (Wildman–Crippen LogP) is 3.73. The Balaban J connectivity index is 1.48. The first kappa shape index (κ1) is 18.6. The average molecular weight is 393 g/mol. The molecule has 0 bridgehead atoms. The van der Waals surface area contributed by atoms with Gasteiger partial charge in [0, 0.05) is 11.5 Å². The van der Waals surface area contributed by atoms with Crippen molar-refractivity contribution in [2.45, 2.75) is 50.7 Å². The van der Waals surface area contributed by atoms with Gasteiger partial charge in [0.2, 0.25) is 5.91 Å². The lowest BCUT2D eigenvalue weighted by Gasteiger charge is -2.38. The highest BCUT2D eigenvalue weighted by molar-refractivity contribution is 5.81. The minimum atomic E-state index is -0.688. The highest BCUT2D eigenvalue weighted by Crippen LogP contribution is 2.48. The Morgan fingerprint density at radius 1 is 1.10 bits per heavy atom. The number of hydrogen-bond donors (Lipinski definition) is 0. The third-order valence-corrected chi connectivity index (χ3v) is 6.15. The molecular weight excluding hydrogens is 366 g/mol. The monoisotopic (exact) mass is 393 g/mol. The van der Waals surface area contributed by atoms with Crippen molar-refractivity contribution in [3.05, 3.63) is 65.7 Å². The molecule has 3 aliphatic heterocycles. The number of carbonyl (C=O) groups excluding carboxylic acids is 1. The Hall–Kier alpha value is -2.37. The molecule has 29 heavy (non-hydrogen) atoms. The molecule has 0 N–H and O–H groups in total. The van der Waals surface area contributed by atoms with Crippen molar-refractivity contribution in [1.82, 2.24) is 4.90 Å². The molecule has 2 aromatic rings. The second kappa shape index (κ2) is 7.15. The van der Waals surface area contributed by atoms with E-state index in [1.807, 2.05) is 61.2 Å². The summed E-state index contributed by atoms with van der Waals surface area (Å²) in [6.45, 7) is 5.18. The van der Waals surface area contributed by atoms with Crippen LogP contribution >= 0.6 is 0 Å². The van der Waals surface area contributed by atoms with Gasteiger partial charge in [-0.3, -0.25) is 4.79 Å². The number of carbonyl (C=O) groups is 1. The van der Waals surface area contributed by atoms with Crippen LogP contribution in [-0.4, -0.2) is 42.0 Å². The molecule has 2 fully saturated rings. The molecule has 0 spiro atoms. The number of ether oxygens (including phenoxy) is 3. The van der Waals surface area contributed by atoms with E-state index in [1.54, 1.807) is 0 Å². The third-order valence-electron chi connectivity index (χ3n) is 6.15. The zero-order valence-corrected chi connectivity index (χ0v) is 16.9. The van der Waals surface area contributed by atoms with Gasteiger partial charge in [0.15, 0.2) is 0 Å². The van der Waals surface area contributed by atoms with Gasteiger partial charge in [-0.1, -0.05) is 48.5 Å². The topological polar surface area (TPSA) is 51.3 Å². The van der Waals surface area contributed by atoms with E-state index >= 15 is 0 Å². The minimum absolute atomic E-state index is 0.124. The van der Waals surface area contributed by atoms with Gasteiger partial charge in [0.05, 0.1) is 18.8 Å². The van der Waals surface area contributed by atoms with Crippen molar-refractivity contribution in [1.29, 1.82) is 0 Å². The molecule has 152 valence electrons. The SMILES string of the molecule is CC1(C)O[C@@H]2COc3ccccc3[C@@H]2N1C(=O)[C@H](Cc1ccccc1)C[C@H]1CO1. The first-order valence-corrected chi connectivity index (χ1v) is 10.4. The fourth-order valence-corrected chi connectivity index (χ4v) is 4.78. The zero-order valence-electron chi connectivity index (χ0n) is 16.9. The highest BCUT2D eigenvalue weighted by atomic mass is 16.6. The standard InChI is InChI=1S/C24H27NO4/c1-24(2)25(22-19-10-6-7-11-20(19)28-15-21(22)29-24)23(26)17(13-18-14-27-18)12-16-8-4-3-5-9-16/h3-11,17-18,21-22H,12-15H2,1-2H3/t17-,18+,21-,22+/m1/s1. The largest absolute Gasteiger partial charge is 0.490 e. The quantitative estimate of drug-likeness (QED) is 0.727. The number of epoxide rings is 1.